The Morgan fingerprint density at radius 3 is 2.38 bits per heavy atom. The average molecular weight is 586 g/mol. The number of thiocarbonyl (C=S) groups is 1. The number of esters is 1. The van der Waals surface area contributed by atoms with E-state index in [2.05, 4.69) is 0 Å². The Kier molecular flexibility index (Phi) is 9.12. The number of hydrogen-bond acceptors (Lipinski definition) is 6. The normalized spacial score (nSPS) is 14.2. The van der Waals surface area contributed by atoms with Crippen molar-refractivity contribution in [2.24, 2.45) is 0 Å². The van der Waals surface area contributed by atoms with Gasteiger partial charge in [-0.05, 0) is 66.2 Å². The molecule has 0 radical (unpaired) electrons. The lowest BCUT2D eigenvalue weighted by Gasteiger charge is -2.19. The molecule has 0 bridgehead atoms. The quantitative estimate of drug-likeness (QED) is 0.166. The van der Waals surface area contributed by atoms with E-state index in [4.69, 9.17) is 49.6 Å². The van der Waals surface area contributed by atoms with Crippen LogP contribution in [0.4, 0.5) is 5.69 Å². The molecule has 1 amide bonds. The van der Waals surface area contributed by atoms with Gasteiger partial charge in [0.1, 0.15) is 18.8 Å². The SMILES string of the molecule is CCc1ccc(N2C(=O)/C(=C/c3cc(Cl)c(OCc4ccccc4Cl)c(OC)c3)N(CC(=O)OC)C2=S)cc1. The summed E-state index contributed by atoms with van der Waals surface area (Å²) in [5.74, 6) is -0.236. The topological polar surface area (TPSA) is 68.3 Å². The number of halogens is 2. The summed E-state index contributed by atoms with van der Waals surface area (Å²) in [7, 11) is 2.77. The average Bonchev–Trinajstić information content (AvgIpc) is 3.16. The maximum absolute atomic E-state index is 13.6. The second kappa shape index (κ2) is 12.5. The van der Waals surface area contributed by atoms with Crippen molar-refractivity contribution in [3.8, 4) is 11.5 Å². The van der Waals surface area contributed by atoms with Crippen molar-refractivity contribution < 1.29 is 23.8 Å². The highest BCUT2D eigenvalue weighted by atomic mass is 35.5. The summed E-state index contributed by atoms with van der Waals surface area (Å²) >= 11 is 18.5. The van der Waals surface area contributed by atoms with Crippen LogP contribution in [0, 0.1) is 0 Å². The monoisotopic (exact) mass is 584 g/mol. The molecule has 202 valence electrons. The van der Waals surface area contributed by atoms with Crippen LogP contribution in [0.1, 0.15) is 23.6 Å². The van der Waals surface area contributed by atoms with E-state index >= 15 is 0 Å². The number of carbonyl (C=O) groups excluding carboxylic acids is 2. The number of benzene rings is 3. The number of aryl methyl sites for hydroxylation is 1. The fraction of sp³-hybridized carbons (Fsp3) is 0.207. The van der Waals surface area contributed by atoms with Gasteiger partial charge in [-0.2, -0.15) is 0 Å². The number of hydrogen-bond donors (Lipinski definition) is 0. The van der Waals surface area contributed by atoms with Gasteiger partial charge < -0.3 is 19.1 Å². The van der Waals surface area contributed by atoms with Gasteiger partial charge in [0.2, 0.25) is 0 Å². The second-order valence-electron chi connectivity index (χ2n) is 8.55. The number of amides is 1. The third-order valence-electron chi connectivity index (χ3n) is 6.14. The van der Waals surface area contributed by atoms with Crippen molar-refractivity contribution in [3.63, 3.8) is 0 Å². The standard InChI is InChI=1S/C29H26Cl2N2O5S/c1-4-18-9-11-21(12-10-18)33-28(35)24(32(29(33)39)16-26(34)37-3)14-19-13-23(31)27(25(15-19)36-2)38-17-20-7-5-6-8-22(20)30/h5-15H,4,16-17H2,1-3H3/b24-14-. The Morgan fingerprint density at radius 1 is 1.03 bits per heavy atom. The molecular formula is C29H26Cl2N2O5S. The van der Waals surface area contributed by atoms with Crippen molar-refractivity contribution in [1.29, 1.82) is 0 Å². The molecule has 0 saturated carbocycles. The van der Waals surface area contributed by atoms with Gasteiger partial charge in [-0.1, -0.05) is 60.5 Å². The molecule has 1 heterocycles. The molecule has 0 aromatic heterocycles. The van der Waals surface area contributed by atoms with Crippen LogP contribution in [0.25, 0.3) is 6.08 Å². The molecule has 1 aliphatic heterocycles. The Hall–Kier alpha value is -3.59. The smallest absolute Gasteiger partial charge is 0.325 e. The predicted molar refractivity (Wildman–Crippen MR) is 156 cm³/mol. The molecule has 4 rings (SSSR count). The van der Waals surface area contributed by atoms with E-state index in [-0.39, 0.29) is 34.9 Å². The molecular weight excluding hydrogens is 559 g/mol. The van der Waals surface area contributed by atoms with Crippen LogP contribution in [0.5, 0.6) is 11.5 Å². The Morgan fingerprint density at radius 2 is 1.74 bits per heavy atom. The van der Waals surface area contributed by atoms with E-state index in [0.717, 1.165) is 17.5 Å². The van der Waals surface area contributed by atoms with Crippen LogP contribution in [0.3, 0.4) is 0 Å². The van der Waals surface area contributed by atoms with E-state index in [9.17, 15) is 9.59 Å². The maximum Gasteiger partial charge on any atom is 0.325 e. The first kappa shape index (κ1) is 28.4. The number of carbonyl (C=O) groups is 2. The summed E-state index contributed by atoms with van der Waals surface area (Å²) in [6, 6.07) is 18.2. The fourth-order valence-corrected chi connectivity index (χ4v) is 4.84. The van der Waals surface area contributed by atoms with Gasteiger partial charge in [0, 0.05) is 10.6 Å². The largest absolute Gasteiger partial charge is 0.493 e. The molecule has 1 aliphatic rings. The van der Waals surface area contributed by atoms with Crippen molar-refractivity contribution in [1.82, 2.24) is 4.90 Å². The Bertz CT molecular complexity index is 1440. The molecule has 10 heteroatoms. The third kappa shape index (κ3) is 6.19. The van der Waals surface area contributed by atoms with E-state index in [0.29, 0.717) is 27.8 Å². The molecule has 0 aliphatic carbocycles. The van der Waals surface area contributed by atoms with Gasteiger partial charge >= 0.3 is 5.97 Å². The Balaban J connectivity index is 1.69. The molecule has 0 spiro atoms. The van der Waals surface area contributed by atoms with Crippen LogP contribution in [0.2, 0.25) is 10.0 Å². The van der Waals surface area contributed by atoms with E-state index < -0.39 is 5.97 Å². The summed E-state index contributed by atoms with van der Waals surface area (Å²) in [4.78, 5) is 28.7. The minimum atomic E-state index is -0.543. The van der Waals surface area contributed by atoms with Gasteiger partial charge in [-0.25, -0.2) is 0 Å². The van der Waals surface area contributed by atoms with Crippen LogP contribution in [-0.4, -0.2) is 42.7 Å². The zero-order chi connectivity index (χ0) is 28.1. The van der Waals surface area contributed by atoms with Gasteiger partial charge in [0.05, 0.1) is 24.9 Å². The van der Waals surface area contributed by atoms with Crippen LogP contribution < -0.4 is 14.4 Å². The molecule has 3 aromatic carbocycles. The zero-order valence-corrected chi connectivity index (χ0v) is 23.9. The number of rotatable bonds is 9. The number of ether oxygens (including phenoxy) is 3. The lowest BCUT2D eigenvalue weighted by Crippen LogP contribution is -2.35. The second-order valence-corrected chi connectivity index (χ2v) is 9.73. The highest BCUT2D eigenvalue weighted by Crippen LogP contribution is 2.39. The highest BCUT2D eigenvalue weighted by molar-refractivity contribution is 7.80. The summed E-state index contributed by atoms with van der Waals surface area (Å²) in [6.45, 7) is 1.99. The minimum absolute atomic E-state index is 0.165. The molecule has 39 heavy (non-hydrogen) atoms. The molecule has 1 saturated heterocycles. The molecule has 1 fully saturated rings. The first-order valence-electron chi connectivity index (χ1n) is 12.0. The van der Waals surface area contributed by atoms with Crippen LogP contribution in [0.15, 0.2) is 66.4 Å². The van der Waals surface area contributed by atoms with Gasteiger partial charge in [-0.15, -0.1) is 0 Å². The van der Waals surface area contributed by atoms with E-state index in [1.807, 2.05) is 49.4 Å². The minimum Gasteiger partial charge on any atom is -0.493 e. The van der Waals surface area contributed by atoms with E-state index in [1.165, 1.54) is 24.0 Å². The van der Waals surface area contributed by atoms with Crippen LogP contribution >= 0.6 is 35.4 Å². The summed E-state index contributed by atoms with van der Waals surface area (Å²) in [5.41, 5.74) is 3.24. The number of methoxy groups -OCH3 is 2. The molecule has 7 nitrogen and oxygen atoms in total. The highest BCUT2D eigenvalue weighted by Gasteiger charge is 2.40. The van der Waals surface area contributed by atoms with Crippen molar-refractivity contribution >= 4 is 64.2 Å². The van der Waals surface area contributed by atoms with E-state index in [1.54, 1.807) is 24.3 Å². The van der Waals surface area contributed by atoms with Gasteiger partial charge in [0.25, 0.3) is 5.91 Å². The lowest BCUT2D eigenvalue weighted by molar-refractivity contribution is -0.140. The van der Waals surface area contributed by atoms with Crippen LogP contribution in [-0.2, 0) is 27.4 Å². The van der Waals surface area contributed by atoms with Crippen molar-refractivity contribution in [3.05, 3.63) is 93.1 Å². The summed E-state index contributed by atoms with van der Waals surface area (Å²) in [5, 5.41) is 1.01. The first-order chi connectivity index (χ1) is 18.8. The predicted octanol–water partition coefficient (Wildman–Crippen LogP) is 6.29. The number of nitrogens with zero attached hydrogens (tertiary/aromatic N) is 2. The summed E-state index contributed by atoms with van der Waals surface area (Å²) < 4.78 is 16.3. The van der Waals surface area contributed by atoms with Crippen molar-refractivity contribution in [2.45, 2.75) is 20.0 Å². The fourth-order valence-electron chi connectivity index (χ4n) is 4.02. The molecule has 0 unspecified atom stereocenters. The van der Waals surface area contributed by atoms with Gasteiger partial charge in [-0.3, -0.25) is 14.5 Å². The zero-order valence-electron chi connectivity index (χ0n) is 21.6. The molecule has 3 aromatic rings. The molecule has 0 N–H and O–H groups in total. The number of anilines is 1. The summed E-state index contributed by atoms with van der Waals surface area (Å²) in [6.07, 6.45) is 2.46. The molecule has 0 atom stereocenters. The Labute approximate surface area is 242 Å². The first-order valence-corrected chi connectivity index (χ1v) is 13.2. The van der Waals surface area contributed by atoms with Crippen molar-refractivity contribution in [2.75, 3.05) is 25.7 Å². The maximum atomic E-state index is 13.6. The lowest BCUT2D eigenvalue weighted by atomic mass is 10.1. The third-order valence-corrected chi connectivity index (χ3v) is 7.19. The van der Waals surface area contributed by atoms with Gasteiger partial charge in [0.15, 0.2) is 16.6 Å².